The van der Waals surface area contributed by atoms with Crippen molar-refractivity contribution in [1.82, 2.24) is 15.2 Å². The summed E-state index contributed by atoms with van der Waals surface area (Å²) in [6, 6.07) is 6.29. The molecule has 5 heteroatoms. The van der Waals surface area contributed by atoms with Crippen molar-refractivity contribution in [2.45, 2.75) is 46.6 Å². The zero-order valence-electron chi connectivity index (χ0n) is 16.1. The summed E-state index contributed by atoms with van der Waals surface area (Å²) in [6.45, 7) is 11.4. The van der Waals surface area contributed by atoms with Crippen LogP contribution < -0.4 is 5.32 Å². The maximum atomic E-state index is 12.7. The smallest absolute Gasteiger partial charge is 0.254 e. The average molecular weight is 374 g/mol. The van der Waals surface area contributed by atoms with E-state index in [0.717, 1.165) is 41.0 Å². The first kappa shape index (κ1) is 19.1. The van der Waals surface area contributed by atoms with E-state index < -0.39 is 0 Å². The zero-order valence-corrected chi connectivity index (χ0v) is 16.9. The summed E-state index contributed by atoms with van der Waals surface area (Å²) in [4.78, 5) is 19.6. The molecule has 0 bridgehead atoms. The van der Waals surface area contributed by atoms with Crippen LogP contribution in [0.2, 0.25) is 5.15 Å². The van der Waals surface area contributed by atoms with Crippen LogP contribution in [0.5, 0.6) is 0 Å². The number of hydrogen-bond acceptors (Lipinski definition) is 3. The minimum atomic E-state index is -0.152. The quantitative estimate of drug-likeness (QED) is 0.810. The second kappa shape index (κ2) is 7.93. The van der Waals surface area contributed by atoms with Gasteiger partial charge in [-0.25, -0.2) is 4.98 Å². The van der Waals surface area contributed by atoms with E-state index in [4.69, 9.17) is 11.6 Å². The van der Waals surface area contributed by atoms with Gasteiger partial charge in [-0.05, 0) is 70.3 Å². The number of aromatic nitrogens is 1. The molecule has 0 saturated carbocycles. The van der Waals surface area contributed by atoms with E-state index in [1.54, 1.807) is 0 Å². The molecule has 1 atom stereocenters. The van der Waals surface area contributed by atoms with E-state index in [-0.39, 0.29) is 11.1 Å². The van der Waals surface area contributed by atoms with Crippen LogP contribution in [0, 0.1) is 19.8 Å². The Kier molecular flexibility index (Phi) is 5.83. The molecule has 4 nitrogen and oxygen atoms in total. The number of likely N-dealkylation sites (tertiary alicyclic amines) is 1. The Morgan fingerprint density at radius 1 is 1.31 bits per heavy atom. The number of nitrogens with one attached hydrogen (secondary N) is 1. The van der Waals surface area contributed by atoms with Gasteiger partial charge in [0.2, 0.25) is 0 Å². The number of rotatable bonds is 4. The van der Waals surface area contributed by atoms with Crippen molar-refractivity contribution in [3.05, 3.63) is 40.0 Å². The fraction of sp³-hybridized carbons (Fsp3) is 0.524. The minimum Gasteiger partial charge on any atom is -0.350 e. The number of carbonyl (C=O) groups is 1. The zero-order chi connectivity index (χ0) is 18.8. The van der Waals surface area contributed by atoms with Crippen molar-refractivity contribution >= 4 is 28.4 Å². The molecular weight excluding hydrogens is 346 g/mol. The molecule has 1 saturated heterocycles. The van der Waals surface area contributed by atoms with E-state index >= 15 is 0 Å². The number of aryl methyl sites for hydroxylation is 2. The Bertz CT molecular complexity index is 812. The normalized spacial score (nSPS) is 17.4. The number of fused-ring (bicyclic) bond motifs is 1. The summed E-state index contributed by atoms with van der Waals surface area (Å²) in [5.74, 6) is 0.656. The number of halogens is 1. The fourth-order valence-electron chi connectivity index (χ4n) is 3.72. The van der Waals surface area contributed by atoms with Crippen LogP contribution in [-0.4, -0.2) is 41.5 Å². The van der Waals surface area contributed by atoms with E-state index in [0.29, 0.717) is 18.2 Å². The molecule has 1 aromatic carbocycles. The van der Waals surface area contributed by atoms with Crippen molar-refractivity contribution in [2.75, 3.05) is 19.6 Å². The summed E-state index contributed by atoms with van der Waals surface area (Å²) >= 11 is 6.31. The van der Waals surface area contributed by atoms with Crippen LogP contribution in [0.1, 0.15) is 48.2 Å². The molecule has 1 aromatic heterocycles. The summed E-state index contributed by atoms with van der Waals surface area (Å²) in [7, 11) is 0. The predicted octanol–water partition coefficient (Wildman–Crippen LogP) is 4.36. The molecule has 1 unspecified atom stereocenters. The highest BCUT2D eigenvalue weighted by molar-refractivity contribution is 6.33. The predicted molar refractivity (Wildman–Crippen MR) is 108 cm³/mol. The van der Waals surface area contributed by atoms with E-state index in [1.165, 1.54) is 12.8 Å². The summed E-state index contributed by atoms with van der Waals surface area (Å²) in [5.41, 5.74) is 3.52. The molecule has 1 N–H and O–H groups in total. The topological polar surface area (TPSA) is 45.2 Å². The Labute approximate surface area is 160 Å². The largest absolute Gasteiger partial charge is 0.350 e. The SMILES string of the molecule is Cc1cc(C)c2nc(Cl)c(C(=O)NCC(C)N3CCC(C)CC3)cc2c1. The lowest BCUT2D eigenvalue weighted by molar-refractivity contribution is 0.0921. The van der Waals surface area contributed by atoms with Crippen molar-refractivity contribution < 1.29 is 4.79 Å². The Balaban J connectivity index is 1.70. The molecule has 2 heterocycles. The van der Waals surface area contributed by atoms with Crippen LogP contribution in [0.3, 0.4) is 0 Å². The van der Waals surface area contributed by atoms with Gasteiger partial charge in [0, 0.05) is 18.0 Å². The summed E-state index contributed by atoms with van der Waals surface area (Å²) in [6.07, 6.45) is 2.47. The van der Waals surface area contributed by atoms with Crippen molar-refractivity contribution in [3.63, 3.8) is 0 Å². The van der Waals surface area contributed by atoms with Gasteiger partial charge in [-0.2, -0.15) is 0 Å². The first-order valence-electron chi connectivity index (χ1n) is 9.45. The lowest BCUT2D eigenvalue weighted by atomic mass is 9.98. The fourth-order valence-corrected chi connectivity index (χ4v) is 3.95. The van der Waals surface area contributed by atoms with E-state index in [2.05, 4.69) is 35.1 Å². The highest BCUT2D eigenvalue weighted by Crippen LogP contribution is 2.24. The Morgan fingerprint density at radius 3 is 2.69 bits per heavy atom. The summed E-state index contributed by atoms with van der Waals surface area (Å²) < 4.78 is 0. The van der Waals surface area contributed by atoms with Crippen molar-refractivity contribution in [3.8, 4) is 0 Å². The van der Waals surface area contributed by atoms with Gasteiger partial charge in [-0.3, -0.25) is 9.69 Å². The molecule has 0 spiro atoms. The number of piperidine rings is 1. The van der Waals surface area contributed by atoms with Crippen LogP contribution in [0.25, 0.3) is 10.9 Å². The number of amides is 1. The molecule has 3 rings (SSSR count). The Hall–Kier alpha value is -1.65. The molecule has 1 amide bonds. The van der Waals surface area contributed by atoms with Gasteiger partial charge in [0.15, 0.2) is 0 Å². The second-order valence-electron chi connectivity index (χ2n) is 7.76. The number of benzene rings is 1. The monoisotopic (exact) mass is 373 g/mol. The van der Waals surface area contributed by atoms with Gasteiger partial charge in [0.25, 0.3) is 5.91 Å². The minimum absolute atomic E-state index is 0.152. The van der Waals surface area contributed by atoms with Gasteiger partial charge < -0.3 is 5.32 Å². The first-order chi connectivity index (χ1) is 12.3. The summed E-state index contributed by atoms with van der Waals surface area (Å²) in [5, 5.41) is 4.26. The maximum Gasteiger partial charge on any atom is 0.254 e. The third-order valence-corrected chi connectivity index (χ3v) is 5.74. The molecule has 0 radical (unpaired) electrons. The third-order valence-electron chi connectivity index (χ3n) is 5.45. The highest BCUT2D eigenvalue weighted by Gasteiger charge is 2.21. The Morgan fingerprint density at radius 2 is 2.00 bits per heavy atom. The van der Waals surface area contributed by atoms with Gasteiger partial charge in [0.05, 0.1) is 11.1 Å². The second-order valence-corrected chi connectivity index (χ2v) is 8.12. The first-order valence-corrected chi connectivity index (χ1v) is 9.82. The van der Waals surface area contributed by atoms with Crippen LogP contribution >= 0.6 is 11.6 Å². The van der Waals surface area contributed by atoms with Gasteiger partial charge in [-0.15, -0.1) is 0 Å². The maximum absolute atomic E-state index is 12.7. The van der Waals surface area contributed by atoms with Gasteiger partial charge in [-0.1, -0.05) is 30.2 Å². The van der Waals surface area contributed by atoms with E-state index in [9.17, 15) is 4.79 Å². The molecule has 2 aromatic rings. The molecule has 1 aliphatic heterocycles. The highest BCUT2D eigenvalue weighted by atomic mass is 35.5. The molecule has 1 fully saturated rings. The molecular formula is C21H28ClN3O. The van der Waals surface area contributed by atoms with Gasteiger partial charge >= 0.3 is 0 Å². The van der Waals surface area contributed by atoms with Crippen molar-refractivity contribution in [1.29, 1.82) is 0 Å². The standard InChI is InChI=1S/C21H28ClN3O/c1-13-5-7-25(8-6-13)16(4)12-23-21(26)18-11-17-10-14(2)9-15(3)19(17)24-20(18)22/h9-11,13,16H,5-8,12H2,1-4H3,(H,23,26). The van der Waals surface area contributed by atoms with Gasteiger partial charge in [0.1, 0.15) is 5.15 Å². The van der Waals surface area contributed by atoms with Crippen LogP contribution in [-0.2, 0) is 0 Å². The molecule has 140 valence electrons. The van der Waals surface area contributed by atoms with Crippen LogP contribution in [0.15, 0.2) is 18.2 Å². The van der Waals surface area contributed by atoms with Crippen molar-refractivity contribution in [2.24, 2.45) is 5.92 Å². The average Bonchev–Trinajstić information content (AvgIpc) is 2.60. The lowest BCUT2D eigenvalue weighted by Crippen LogP contribution is -2.45. The van der Waals surface area contributed by atoms with E-state index in [1.807, 2.05) is 26.0 Å². The number of pyridine rings is 1. The number of carbonyl (C=O) groups excluding carboxylic acids is 1. The third kappa shape index (κ3) is 4.18. The number of hydrogen-bond donors (Lipinski definition) is 1. The lowest BCUT2D eigenvalue weighted by Gasteiger charge is -2.35. The molecule has 0 aliphatic carbocycles. The number of nitrogens with zero attached hydrogens (tertiary/aromatic N) is 2. The molecule has 1 aliphatic rings. The van der Waals surface area contributed by atoms with Crippen LogP contribution in [0.4, 0.5) is 0 Å². The molecule has 26 heavy (non-hydrogen) atoms.